The number of amides is 2. The van der Waals surface area contributed by atoms with Gasteiger partial charge in [-0.25, -0.2) is 0 Å². The van der Waals surface area contributed by atoms with E-state index in [1.54, 1.807) is 24.3 Å². The number of carbonyl (C=O) groups is 2. The van der Waals surface area contributed by atoms with E-state index >= 15 is 0 Å². The normalized spacial score (nSPS) is 17.5. The minimum atomic E-state index is -0.763. The molecule has 5 nitrogen and oxygen atoms in total. The first-order valence-electron chi connectivity index (χ1n) is 7.77. The lowest BCUT2D eigenvalue weighted by molar-refractivity contribution is -0.126. The van der Waals surface area contributed by atoms with Gasteiger partial charge in [0.25, 0.3) is 5.91 Å². The highest BCUT2D eigenvalue weighted by Gasteiger charge is 2.35. The second kappa shape index (κ2) is 6.92. The fourth-order valence-electron chi connectivity index (χ4n) is 2.47. The molecule has 0 aliphatic heterocycles. The fraction of sp³-hybridized carbons (Fsp3) is 0.529. The van der Waals surface area contributed by atoms with Crippen LogP contribution in [0, 0.1) is 5.92 Å². The van der Waals surface area contributed by atoms with Crippen LogP contribution >= 0.6 is 0 Å². The van der Waals surface area contributed by atoms with Gasteiger partial charge < -0.3 is 15.7 Å². The molecule has 0 bridgehead atoms. The molecule has 1 saturated carbocycles. The molecule has 0 saturated heterocycles. The van der Waals surface area contributed by atoms with Gasteiger partial charge in [-0.1, -0.05) is 32.0 Å². The summed E-state index contributed by atoms with van der Waals surface area (Å²) in [7, 11) is 0. The maximum absolute atomic E-state index is 12.3. The first kappa shape index (κ1) is 16.5. The molecule has 22 heavy (non-hydrogen) atoms. The molecule has 0 radical (unpaired) electrons. The van der Waals surface area contributed by atoms with Gasteiger partial charge in [0.15, 0.2) is 0 Å². The Balaban J connectivity index is 1.94. The highest BCUT2D eigenvalue weighted by atomic mass is 16.3. The molecule has 2 rings (SSSR count). The summed E-state index contributed by atoms with van der Waals surface area (Å²) in [5.74, 6) is -0.555. The van der Waals surface area contributed by atoms with Crippen LogP contribution in [-0.4, -0.2) is 35.1 Å². The van der Waals surface area contributed by atoms with Crippen LogP contribution in [0.5, 0.6) is 0 Å². The first-order valence-corrected chi connectivity index (χ1v) is 7.77. The summed E-state index contributed by atoms with van der Waals surface area (Å²) in [4.78, 5) is 24.5. The van der Waals surface area contributed by atoms with Gasteiger partial charge in [-0.15, -0.1) is 0 Å². The van der Waals surface area contributed by atoms with E-state index in [2.05, 4.69) is 10.6 Å². The Hall–Kier alpha value is -1.88. The van der Waals surface area contributed by atoms with Crippen molar-refractivity contribution in [1.29, 1.82) is 0 Å². The molecule has 1 aliphatic rings. The van der Waals surface area contributed by atoms with Crippen LogP contribution in [0.4, 0.5) is 0 Å². The molecule has 0 spiro atoms. The van der Waals surface area contributed by atoms with E-state index in [0.717, 1.165) is 19.3 Å². The zero-order valence-electron chi connectivity index (χ0n) is 13.1. The number of rotatable bonds is 6. The molecule has 1 fully saturated rings. The predicted octanol–water partition coefficient (Wildman–Crippen LogP) is 1.47. The zero-order valence-corrected chi connectivity index (χ0v) is 13.1. The van der Waals surface area contributed by atoms with Crippen molar-refractivity contribution in [2.45, 2.75) is 44.8 Å². The number of benzene rings is 1. The molecule has 1 aliphatic carbocycles. The van der Waals surface area contributed by atoms with Gasteiger partial charge >= 0.3 is 0 Å². The summed E-state index contributed by atoms with van der Waals surface area (Å²) in [5, 5.41) is 15.6. The smallest absolute Gasteiger partial charge is 0.251 e. The van der Waals surface area contributed by atoms with Crippen LogP contribution in [0.2, 0.25) is 0 Å². The van der Waals surface area contributed by atoms with Crippen molar-refractivity contribution in [1.82, 2.24) is 10.6 Å². The quantitative estimate of drug-likeness (QED) is 0.745. The molecule has 5 heteroatoms. The third kappa shape index (κ3) is 4.07. The number of aliphatic hydroxyl groups is 1. The Bertz CT molecular complexity index is 524. The number of carbonyl (C=O) groups excluding carboxylic acids is 2. The molecular weight excluding hydrogens is 280 g/mol. The van der Waals surface area contributed by atoms with E-state index in [9.17, 15) is 14.7 Å². The Labute approximate surface area is 131 Å². The summed E-state index contributed by atoms with van der Waals surface area (Å²) in [6.07, 6.45) is 2.43. The highest BCUT2D eigenvalue weighted by molar-refractivity contribution is 5.97. The molecule has 1 atom stereocenters. The van der Waals surface area contributed by atoms with Gasteiger partial charge in [0, 0.05) is 12.1 Å². The summed E-state index contributed by atoms with van der Waals surface area (Å²) in [6, 6.07) is 8.21. The lowest BCUT2D eigenvalue weighted by Gasteiger charge is -2.37. The van der Waals surface area contributed by atoms with E-state index in [-0.39, 0.29) is 24.3 Å². The minimum absolute atomic E-state index is 0.0382. The lowest BCUT2D eigenvalue weighted by Crippen LogP contribution is -2.54. The maximum Gasteiger partial charge on any atom is 0.251 e. The van der Waals surface area contributed by atoms with Gasteiger partial charge in [0.2, 0.25) is 5.91 Å². The van der Waals surface area contributed by atoms with E-state index < -0.39 is 11.6 Å². The van der Waals surface area contributed by atoms with Crippen LogP contribution in [0.3, 0.4) is 0 Å². The Morgan fingerprint density at radius 1 is 1.23 bits per heavy atom. The monoisotopic (exact) mass is 304 g/mol. The van der Waals surface area contributed by atoms with E-state index in [1.165, 1.54) is 0 Å². The molecule has 1 aromatic rings. The van der Waals surface area contributed by atoms with Gasteiger partial charge in [0.1, 0.15) is 6.04 Å². The minimum Gasteiger partial charge on any atom is -0.388 e. The second-order valence-electron chi connectivity index (χ2n) is 6.36. The Morgan fingerprint density at radius 3 is 2.36 bits per heavy atom. The predicted molar refractivity (Wildman–Crippen MR) is 84.3 cm³/mol. The lowest BCUT2D eigenvalue weighted by atomic mass is 9.80. The topological polar surface area (TPSA) is 78.4 Å². The Kier molecular flexibility index (Phi) is 5.19. The highest BCUT2D eigenvalue weighted by Crippen LogP contribution is 2.30. The standard InChI is InChI=1S/C17H24N2O3/c1-12(2)14(16(21)18-11-17(22)9-6-10-17)19-15(20)13-7-4-3-5-8-13/h3-5,7-8,12,14,22H,6,9-11H2,1-2H3,(H,18,21)(H,19,20). The third-order valence-corrected chi connectivity index (χ3v) is 4.15. The van der Waals surface area contributed by atoms with E-state index in [0.29, 0.717) is 5.56 Å². The van der Waals surface area contributed by atoms with Crippen LogP contribution in [-0.2, 0) is 4.79 Å². The summed E-state index contributed by atoms with van der Waals surface area (Å²) in [6.45, 7) is 4.01. The van der Waals surface area contributed by atoms with Crippen molar-refractivity contribution >= 4 is 11.8 Å². The first-order chi connectivity index (χ1) is 10.4. The molecule has 0 aromatic heterocycles. The van der Waals surface area contributed by atoms with Crippen molar-refractivity contribution in [2.75, 3.05) is 6.54 Å². The van der Waals surface area contributed by atoms with E-state index in [1.807, 2.05) is 19.9 Å². The number of nitrogens with one attached hydrogen (secondary N) is 2. The third-order valence-electron chi connectivity index (χ3n) is 4.15. The van der Waals surface area contributed by atoms with Gasteiger partial charge in [-0.3, -0.25) is 9.59 Å². The maximum atomic E-state index is 12.3. The average molecular weight is 304 g/mol. The van der Waals surface area contributed by atoms with Crippen molar-refractivity contribution in [3.8, 4) is 0 Å². The van der Waals surface area contributed by atoms with Crippen molar-refractivity contribution in [2.24, 2.45) is 5.92 Å². The molecule has 2 amide bonds. The molecule has 120 valence electrons. The summed E-state index contributed by atoms with van der Waals surface area (Å²) >= 11 is 0. The van der Waals surface area contributed by atoms with Crippen LogP contribution in [0.1, 0.15) is 43.5 Å². The summed E-state index contributed by atoms with van der Waals surface area (Å²) < 4.78 is 0. The molecule has 1 aromatic carbocycles. The molecule has 1 unspecified atom stereocenters. The molecular formula is C17H24N2O3. The largest absolute Gasteiger partial charge is 0.388 e. The zero-order chi connectivity index (χ0) is 16.2. The van der Waals surface area contributed by atoms with Crippen molar-refractivity contribution in [3.63, 3.8) is 0 Å². The molecule has 0 heterocycles. The second-order valence-corrected chi connectivity index (χ2v) is 6.36. The van der Waals surface area contributed by atoms with Crippen molar-refractivity contribution < 1.29 is 14.7 Å². The van der Waals surface area contributed by atoms with Crippen molar-refractivity contribution in [3.05, 3.63) is 35.9 Å². The van der Waals surface area contributed by atoms with E-state index in [4.69, 9.17) is 0 Å². The van der Waals surface area contributed by atoms with Crippen LogP contribution in [0.25, 0.3) is 0 Å². The Morgan fingerprint density at radius 2 is 1.86 bits per heavy atom. The SMILES string of the molecule is CC(C)C(NC(=O)c1ccccc1)C(=O)NCC1(O)CCC1. The van der Waals surface area contributed by atoms with Gasteiger partial charge in [0.05, 0.1) is 5.60 Å². The number of hydrogen-bond acceptors (Lipinski definition) is 3. The van der Waals surface area contributed by atoms with Gasteiger partial charge in [-0.2, -0.15) is 0 Å². The average Bonchev–Trinajstić information content (AvgIpc) is 2.48. The number of hydrogen-bond donors (Lipinski definition) is 3. The fourth-order valence-corrected chi connectivity index (χ4v) is 2.47. The van der Waals surface area contributed by atoms with Crippen LogP contribution < -0.4 is 10.6 Å². The molecule has 3 N–H and O–H groups in total. The van der Waals surface area contributed by atoms with Crippen LogP contribution in [0.15, 0.2) is 30.3 Å². The summed E-state index contributed by atoms with van der Waals surface area (Å²) in [5.41, 5.74) is -0.237. The van der Waals surface area contributed by atoms with Gasteiger partial charge in [-0.05, 0) is 37.3 Å².